The number of aromatic nitrogens is 3. The van der Waals surface area contributed by atoms with E-state index >= 15 is 0 Å². The Labute approximate surface area is 116 Å². The highest BCUT2D eigenvalue weighted by Gasteiger charge is 2.11. The first-order valence-electron chi connectivity index (χ1n) is 5.94. The van der Waals surface area contributed by atoms with Gasteiger partial charge < -0.3 is 11.1 Å². The lowest BCUT2D eigenvalue weighted by Crippen LogP contribution is -2.34. The molecule has 1 unspecified atom stereocenters. The number of pyridine rings is 1. The molecule has 8 nitrogen and oxygen atoms in total. The minimum absolute atomic E-state index is 0.135. The van der Waals surface area contributed by atoms with Gasteiger partial charge in [-0.2, -0.15) is 4.98 Å². The molecule has 9 heteroatoms. The van der Waals surface area contributed by atoms with Crippen LogP contribution in [0.4, 0.5) is 11.8 Å². The molecule has 1 atom stereocenters. The summed E-state index contributed by atoms with van der Waals surface area (Å²) in [6, 6.07) is 3.36. The number of anilines is 2. The van der Waals surface area contributed by atoms with Gasteiger partial charge in [0, 0.05) is 18.8 Å². The highest BCUT2D eigenvalue weighted by molar-refractivity contribution is 7.88. The van der Waals surface area contributed by atoms with E-state index in [9.17, 15) is 8.42 Å². The third-order valence-corrected chi connectivity index (χ3v) is 3.20. The maximum Gasteiger partial charge on any atom is 0.222 e. The van der Waals surface area contributed by atoms with Crippen LogP contribution in [0.15, 0.2) is 18.3 Å². The minimum Gasteiger partial charge on any atom is -0.368 e. The van der Waals surface area contributed by atoms with E-state index < -0.39 is 10.0 Å². The Bertz CT molecular complexity index is 718. The molecular weight excluding hydrogens is 280 g/mol. The molecule has 2 aromatic heterocycles. The van der Waals surface area contributed by atoms with Gasteiger partial charge in [-0.1, -0.05) is 0 Å². The van der Waals surface area contributed by atoms with Gasteiger partial charge >= 0.3 is 0 Å². The smallest absolute Gasteiger partial charge is 0.222 e. The molecule has 0 aliphatic heterocycles. The fourth-order valence-electron chi connectivity index (χ4n) is 1.65. The van der Waals surface area contributed by atoms with Crippen LogP contribution in [0.1, 0.15) is 6.92 Å². The lowest BCUT2D eigenvalue weighted by atomic mass is 10.3. The van der Waals surface area contributed by atoms with Crippen LogP contribution in [-0.2, 0) is 10.0 Å². The van der Waals surface area contributed by atoms with Crippen LogP contribution < -0.4 is 15.8 Å². The van der Waals surface area contributed by atoms with E-state index in [1.54, 1.807) is 18.3 Å². The van der Waals surface area contributed by atoms with Crippen LogP contribution in [0.3, 0.4) is 0 Å². The molecule has 108 valence electrons. The van der Waals surface area contributed by atoms with Gasteiger partial charge in [-0.15, -0.1) is 0 Å². The number of fused-ring (bicyclic) bond motifs is 1. The summed E-state index contributed by atoms with van der Waals surface area (Å²) in [4.78, 5) is 12.4. The van der Waals surface area contributed by atoms with Crippen molar-refractivity contribution in [1.82, 2.24) is 19.7 Å². The quantitative estimate of drug-likeness (QED) is 0.707. The zero-order valence-electron chi connectivity index (χ0n) is 11.2. The van der Waals surface area contributed by atoms with Crippen LogP contribution in [0, 0.1) is 0 Å². The van der Waals surface area contributed by atoms with Crippen LogP contribution in [-0.4, -0.2) is 42.2 Å². The highest BCUT2D eigenvalue weighted by atomic mass is 32.2. The summed E-state index contributed by atoms with van der Waals surface area (Å²) in [6.07, 6.45) is 2.74. The standard InChI is InChI=1S/C11H16N6O2S/c1-7(6-14-20(2,18)19)15-10-9-8(4-3-5-13-9)16-11(12)17-10/h3-5,7,14H,6H2,1-2H3,(H3,12,15,16,17). The summed E-state index contributed by atoms with van der Waals surface area (Å²) >= 11 is 0. The van der Waals surface area contributed by atoms with E-state index in [2.05, 4.69) is 25.0 Å². The zero-order chi connectivity index (χ0) is 14.8. The third kappa shape index (κ3) is 3.75. The molecule has 2 rings (SSSR count). The molecule has 4 N–H and O–H groups in total. The molecule has 0 amide bonds. The summed E-state index contributed by atoms with van der Waals surface area (Å²) in [7, 11) is -3.23. The lowest BCUT2D eigenvalue weighted by molar-refractivity contribution is 0.583. The van der Waals surface area contributed by atoms with E-state index in [0.29, 0.717) is 16.9 Å². The van der Waals surface area contributed by atoms with Crippen molar-refractivity contribution in [3.8, 4) is 0 Å². The lowest BCUT2D eigenvalue weighted by Gasteiger charge is -2.15. The Balaban J connectivity index is 2.21. The van der Waals surface area contributed by atoms with Gasteiger partial charge in [0.15, 0.2) is 5.82 Å². The topological polar surface area (TPSA) is 123 Å². The van der Waals surface area contributed by atoms with Crippen LogP contribution in [0.2, 0.25) is 0 Å². The number of nitrogens with one attached hydrogen (secondary N) is 2. The molecular formula is C11H16N6O2S. The van der Waals surface area contributed by atoms with Crippen molar-refractivity contribution in [2.75, 3.05) is 23.9 Å². The van der Waals surface area contributed by atoms with E-state index in [-0.39, 0.29) is 18.5 Å². The van der Waals surface area contributed by atoms with E-state index in [1.807, 2.05) is 6.92 Å². The Morgan fingerprint density at radius 2 is 2.15 bits per heavy atom. The van der Waals surface area contributed by atoms with Crippen LogP contribution >= 0.6 is 0 Å². The van der Waals surface area contributed by atoms with Gasteiger partial charge in [0.2, 0.25) is 16.0 Å². The van der Waals surface area contributed by atoms with Crippen molar-refractivity contribution in [3.05, 3.63) is 18.3 Å². The summed E-state index contributed by atoms with van der Waals surface area (Å²) in [6.45, 7) is 2.06. The average Bonchev–Trinajstić information content (AvgIpc) is 2.35. The average molecular weight is 296 g/mol. The van der Waals surface area contributed by atoms with Crippen LogP contribution in [0.25, 0.3) is 11.0 Å². The van der Waals surface area contributed by atoms with Gasteiger partial charge in [-0.05, 0) is 19.1 Å². The molecule has 0 aliphatic rings. The van der Waals surface area contributed by atoms with Gasteiger partial charge in [0.1, 0.15) is 5.52 Å². The molecule has 0 aromatic carbocycles. The van der Waals surface area contributed by atoms with E-state index in [1.165, 1.54) is 0 Å². The van der Waals surface area contributed by atoms with Crippen LogP contribution in [0.5, 0.6) is 0 Å². The number of rotatable bonds is 5. The molecule has 0 saturated carbocycles. The fourth-order valence-corrected chi connectivity index (χ4v) is 2.20. The number of hydrogen-bond acceptors (Lipinski definition) is 7. The van der Waals surface area contributed by atoms with Gasteiger partial charge in [0.05, 0.1) is 11.8 Å². The maximum atomic E-state index is 11.1. The van der Waals surface area contributed by atoms with Crippen molar-refractivity contribution in [3.63, 3.8) is 0 Å². The normalized spacial score (nSPS) is 13.3. The predicted molar refractivity (Wildman–Crippen MR) is 77.7 cm³/mol. The summed E-state index contributed by atoms with van der Waals surface area (Å²) in [5.74, 6) is 0.618. The first-order chi connectivity index (χ1) is 9.35. The molecule has 0 fully saturated rings. The molecule has 0 radical (unpaired) electrons. The number of hydrogen-bond donors (Lipinski definition) is 3. The number of sulfonamides is 1. The zero-order valence-corrected chi connectivity index (χ0v) is 12.0. The van der Waals surface area contributed by atoms with Gasteiger partial charge in [0.25, 0.3) is 0 Å². The highest BCUT2D eigenvalue weighted by Crippen LogP contribution is 2.18. The van der Waals surface area contributed by atoms with Crippen molar-refractivity contribution < 1.29 is 8.42 Å². The first-order valence-corrected chi connectivity index (χ1v) is 7.84. The molecule has 0 bridgehead atoms. The molecule has 20 heavy (non-hydrogen) atoms. The summed E-state index contributed by atoms with van der Waals surface area (Å²) in [5.41, 5.74) is 6.86. The minimum atomic E-state index is -3.23. The Hall–Kier alpha value is -2.00. The number of nitrogen functional groups attached to an aromatic ring is 1. The Morgan fingerprint density at radius 1 is 1.40 bits per heavy atom. The van der Waals surface area contributed by atoms with Crippen molar-refractivity contribution in [2.45, 2.75) is 13.0 Å². The first kappa shape index (κ1) is 14.4. The molecule has 0 saturated heterocycles. The summed E-state index contributed by atoms with van der Waals surface area (Å²) < 4.78 is 24.5. The maximum absolute atomic E-state index is 11.1. The van der Waals surface area contributed by atoms with Crippen molar-refractivity contribution >= 4 is 32.8 Å². The summed E-state index contributed by atoms with van der Waals surface area (Å²) in [5, 5.41) is 3.08. The second-order valence-electron chi connectivity index (χ2n) is 4.47. The molecule has 0 spiro atoms. The monoisotopic (exact) mass is 296 g/mol. The number of nitrogens with zero attached hydrogens (tertiary/aromatic N) is 3. The SMILES string of the molecule is CC(CNS(C)(=O)=O)Nc1nc(N)nc2cccnc12. The van der Waals surface area contributed by atoms with E-state index in [4.69, 9.17) is 5.73 Å². The van der Waals surface area contributed by atoms with Gasteiger partial charge in [-0.3, -0.25) is 4.98 Å². The Morgan fingerprint density at radius 3 is 2.85 bits per heavy atom. The van der Waals surface area contributed by atoms with E-state index in [0.717, 1.165) is 6.26 Å². The van der Waals surface area contributed by atoms with Crippen molar-refractivity contribution in [1.29, 1.82) is 0 Å². The van der Waals surface area contributed by atoms with Crippen molar-refractivity contribution in [2.24, 2.45) is 0 Å². The molecule has 0 aliphatic carbocycles. The Kier molecular flexibility index (Phi) is 4.00. The fraction of sp³-hybridized carbons (Fsp3) is 0.364. The third-order valence-electron chi connectivity index (χ3n) is 2.51. The second kappa shape index (κ2) is 5.55. The largest absolute Gasteiger partial charge is 0.368 e. The predicted octanol–water partition coefficient (Wildman–Crippen LogP) is -0.0434. The molecule has 2 heterocycles. The van der Waals surface area contributed by atoms with Gasteiger partial charge in [-0.25, -0.2) is 18.1 Å². The second-order valence-corrected chi connectivity index (χ2v) is 6.30. The number of nitrogens with two attached hydrogens (primary N) is 1. The molecule has 2 aromatic rings.